The second-order valence-corrected chi connectivity index (χ2v) is 11.7. The van der Waals surface area contributed by atoms with E-state index >= 15 is 0 Å². The van der Waals surface area contributed by atoms with Crippen molar-refractivity contribution in [2.24, 2.45) is 0 Å². The predicted molar refractivity (Wildman–Crippen MR) is 170 cm³/mol. The Hall–Kier alpha value is -4.54. The van der Waals surface area contributed by atoms with Crippen molar-refractivity contribution in [2.75, 3.05) is 0 Å². The number of hydrogen-bond donors (Lipinski definition) is 6. The molecule has 2 aliphatic heterocycles. The van der Waals surface area contributed by atoms with Crippen molar-refractivity contribution < 1.29 is 30.0 Å². The number of aromatic amines is 2. The Balaban J connectivity index is 1.95. The van der Waals surface area contributed by atoms with E-state index in [9.17, 15) is 30.0 Å². The maximum atomic E-state index is 11.6. The van der Waals surface area contributed by atoms with Gasteiger partial charge in [-0.2, -0.15) is 0 Å². The van der Waals surface area contributed by atoms with E-state index in [-0.39, 0.29) is 25.7 Å². The third-order valence-corrected chi connectivity index (χ3v) is 8.65. The van der Waals surface area contributed by atoms with Crippen LogP contribution < -0.4 is 0 Å². The van der Waals surface area contributed by atoms with Gasteiger partial charge in [-0.25, -0.2) is 9.97 Å². The highest BCUT2D eigenvalue weighted by atomic mass is 16.4. The lowest BCUT2D eigenvalue weighted by atomic mass is 9.98. The van der Waals surface area contributed by atoms with Gasteiger partial charge in [0.15, 0.2) is 0 Å². The number of aryl methyl sites for hydroxylation is 2. The van der Waals surface area contributed by atoms with Crippen molar-refractivity contribution in [3.8, 4) is 0 Å². The normalized spacial score (nSPS) is 14.7. The quantitative estimate of drug-likeness (QED) is 0.168. The van der Waals surface area contributed by atoms with Crippen LogP contribution >= 0.6 is 0 Å². The Labute approximate surface area is 254 Å². The van der Waals surface area contributed by atoms with Gasteiger partial charge in [0.2, 0.25) is 0 Å². The lowest BCUT2D eigenvalue weighted by Gasteiger charge is -2.05. The summed E-state index contributed by atoms with van der Waals surface area (Å²) in [5.41, 5.74) is 11.7. The molecule has 10 nitrogen and oxygen atoms in total. The summed E-state index contributed by atoms with van der Waals surface area (Å²) >= 11 is 0. The van der Waals surface area contributed by atoms with Crippen LogP contribution in [0, 0.1) is 13.8 Å². The number of carboxylic acids is 2. The molecule has 44 heavy (non-hydrogen) atoms. The van der Waals surface area contributed by atoms with Gasteiger partial charge in [0.05, 0.1) is 35.0 Å². The van der Waals surface area contributed by atoms with Crippen molar-refractivity contribution in [1.82, 2.24) is 19.9 Å². The Morgan fingerprint density at radius 1 is 0.636 bits per heavy atom. The number of rotatable bonds is 8. The molecule has 8 bridgehead atoms. The first-order chi connectivity index (χ1) is 20.8. The number of aliphatic hydroxyl groups is 2. The number of aliphatic hydroxyl groups excluding tert-OH is 2. The Morgan fingerprint density at radius 3 is 1.43 bits per heavy atom. The number of hydrogen-bond acceptors (Lipinski definition) is 6. The van der Waals surface area contributed by atoms with Crippen LogP contribution in [0.15, 0.2) is 24.3 Å². The molecule has 2 aliphatic rings. The number of nitrogens with zero attached hydrogens (tertiary/aromatic N) is 2. The van der Waals surface area contributed by atoms with Crippen LogP contribution in [0.4, 0.5) is 0 Å². The van der Waals surface area contributed by atoms with E-state index in [1.165, 1.54) is 0 Å². The van der Waals surface area contributed by atoms with Gasteiger partial charge in [-0.1, -0.05) is 0 Å². The average molecular weight is 599 g/mol. The first-order valence-corrected chi connectivity index (χ1v) is 14.7. The smallest absolute Gasteiger partial charge is 0.303 e. The number of nitrogens with one attached hydrogen (secondary N) is 2. The number of fused-ring (bicyclic) bond motifs is 8. The number of carbonyl (C=O) groups is 2. The lowest BCUT2D eigenvalue weighted by Crippen LogP contribution is -1.97. The topological polar surface area (TPSA) is 172 Å². The van der Waals surface area contributed by atoms with Crippen molar-refractivity contribution in [3.63, 3.8) is 0 Å². The number of allylic oxidation sites excluding steroid dienone is 4. The van der Waals surface area contributed by atoms with Gasteiger partial charge in [-0.15, -0.1) is 0 Å². The average Bonchev–Trinajstić information content (AvgIpc) is 3.59. The monoisotopic (exact) mass is 598 g/mol. The minimum absolute atomic E-state index is 0.0750. The molecule has 0 aromatic carbocycles. The Morgan fingerprint density at radius 2 is 1.02 bits per heavy atom. The molecule has 5 rings (SSSR count). The highest BCUT2D eigenvalue weighted by molar-refractivity contribution is 5.96. The zero-order valence-electron chi connectivity index (χ0n) is 25.8. The molecule has 0 amide bonds. The summed E-state index contributed by atoms with van der Waals surface area (Å²) in [7, 11) is 0. The van der Waals surface area contributed by atoms with Crippen LogP contribution in [0.1, 0.15) is 111 Å². The summed E-state index contributed by atoms with van der Waals surface area (Å²) in [6, 6.07) is 7.51. The van der Waals surface area contributed by atoms with Crippen molar-refractivity contribution >= 4 is 56.3 Å². The molecule has 0 spiro atoms. The highest BCUT2D eigenvalue weighted by Gasteiger charge is 2.23. The number of aromatic nitrogens is 4. The standard InChI is InChI=1S/C34H38N4O6/c1-15-21(7-9-31(41)42)27-14-28-22(8-10-32(43)44)16(2)24(36-28)12-29-34(20(6)40)18(4)26(38-29)13-30-33(19(5)39)17(3)25(37-30)11-23(15)35-27/h11-14,19-20,37-40H,7-10H2,1-6H3,(H,41,42)(H,43,44)/t19-,20-/m0/s1. The predicted octanol–water partition coefficient (Wildman–Crippen LogP) is 6.63. The second kappa shape index (κ2) is 11.9. The molecule has 10 heteroatoms. The molecular weight excluding hydrogens is 560 g/mol. The molecule has 0 saturated carbocycles. The fourth-order valence-electron chi connectivity index (χ4n) is 6.32. The zero-order valence-corrected chi connectivity index (χ0v) is 25.8. The Bertz CT molecular complexity index is 1920. The molecule has 0 aliphatic carbocycles. The Kier molecular flexibility index (Phi) is 8.33. The SMILES string of the molecule is CC1=C(CCC(=O)O)c2cc3nc(cc4[nH]c(cc5[nH]c(cc1n2)c(C)c5[C@H](C)O)c(C)c4[C@H](C)O)C(C)=C3CCC(=O)O. The third-order valence-electron chi connectivity index (χ3n) is 8.65. The van der Waals surface area contributed by atoms with Crippen LogP contribution in [0.25, 0.3) is 44.4 Å². The van der Waals surface area contributed by atoms with Crippen LogP contribution in [-0.2, 0) is 9.59 Å². The molecule has 3 aromatic rings. The second-order valence-electron chi connectivity index (χ2n) is 11.7. The zero-order chi connectivity index (χ0) is 32.0. The maximum absolute atomic E-state index is 11.6. The highest BCUT2D eigenvalue weighted by Crippen LogP contribution is 2.38. The van der Waals surface area contributed by atoms with E-state index < -0.39 is 24.1 Å². The molecular formula is C34H38N4O6. The lowest BCUT2D eigenvalue weighted by molar-refractivity contribution is -0.137. The first-order valence-electron chi connectivity index (χ1n) is 14.7. The van der Waals surface area contributed by atoms with Crippen molar-refractivity contribution in [1.29, 1.82) is 0 Å². The van der Waals surface area contributed by atoms with E-state index in [1.54, 1.807) is 13.8 Å². The molecule has 5 heterocycles. The maximum Gasteiger partial charge on any atom is 0.303 e. The molecule has 230 valence electrons. The largest absolute Gasteiger partial charge is 0.481 e. The summed E-state index contributed by atoms with van der Waals surface area (Å²) in [5, 5.41) is 40.5. The molecule has 3 aromatic heterocycles. The fraction of sp³-hybridized carbons (Fsp3) is 0.353. The molecule has 2 atom stereocenters. The minimum atomic E-state index is -0.921. The summed E-state index contributed by atoms with van der Waals surface area (Å²) < 4.78 is 0. The summed E-state index contributed by atoms with van der Waals surface area (Å²) in [4.78, 5) is 39.8. The summed E-state index contributed by atoms with van der Waals surface area (Å²) in [6.07, 6.45) is -1.18. The number of aliphatic carboxylic acids is 2. The van der Waals surface area contributed by atoms with Gasteiger partial charge in [0.1, 0.15) is 0 Å². The van der Waals surface area contributed by atoms with Crippen LogP contribution in [0.3, 0.4) is 0 Å². The summed E-state index contributed by atoms with van der Waals surface area (Å²) in [6.45, 7) is 11.1. The van der Waals surface area contributed by atoms with Gasteiger partial charge in [0, 0.05) is 46.0 Å². The van der Waals surface area contributed by atoms with Crippen molar-refractivity contribution in [2.45, 2.75) is 79.4 Å². The van der Waals surface area contributed by atoms with E-state index in [4.69, 9.17) is 9.97 Å². The van der Waals surface area contributed by atoms with Crippen LogP contribution in [0.5, 0.6) is 0 Å². The van der Waals surface area contributed by atoms with Gasteiger partial charge in [-0.05, 0) is 112 Å². The molecule has 0 saturated heterocycles. The molecule has 6 N–H and O–H groups in total. The molecule has 0 radical (unpaired) electrons. The number of carboxylic acid groups (broad SMARTS) is 2. The molecule has 0 unspecified atom stereocenters. The fourth-order valence-corrected chi connectivity index (χ4v) is 6.32. The minimum Gasteiger partial charge on any atom is -0.481 e. The molecule has 0 fully saturated rings. The van der Waals surface area contributed by atoms with Crippen molar-refractivity contribution in [3.05, 3.63) is 69.3 Å². The van der Waals surface area contributed by atoms with Gasteiger partial charge >= 0.3 is 11.9 Å². The van der Waals surface area contributed by atoms with Crippen LogP contribution in [0.2, 0.25) is 0 Å². The van der Waals surface area contributed by atoms with Gasteiger partial charge in [-0.3, -0.25) is 9.59 Å². The van der Waals surface area contributed by atoms with Crippen LogP contribution in [-0.4, -0.2) is 52.3 Å². The van der Waals surface area contributed by atoms with E-state index in [2.05, 4.69) is 9.97 Å². The first kappa shape index (κ1) is 30.9. The van der Waals surface area contributed by atoms with E-state index in [0.29, 0.717) is 39.4 Å². The van der Waals surface area contributed by atoms with E-state index in [1.807, 2.05) is 52.0 Å². The summed E-state index contributed by atoms with van der Waals surface area (Å²) in [5.74, 6) is -1.84. The van der Waals surface area contributed by atoms with Gasteiger partial charge < -0.3 is 30.4 Å². The van der Waals surface area contributed by atoms with Gasteiger partial charge in [0.25, 0.3) is 0 Å². The number of H-pyrrole nitrogens is 2. The van der Waals surface area contributed by atoms with E-state index in [0.717, 1.165) is 50.0 Å². The third kappa shape index (κ3) is 5.70.